The maximum Gasteiger partial charge on any atom is 0.329 e. The Hall–Kier alpha value is -6.81. The normalized spacial score (nSPS) is 26.5. The largest absolute Gasteiger partial charge is 0.497 e. The first-order valence-electron chi connectivity index (χ1n) is 28.5. The van der Waals surface area contributed by atoms with Crippen molar-refractivity contribution < 1.29 is 67.3 Å². The maximum atomic E-state index is 14.9. The van der Waals surface area contributed by atoms with Gasteiger partial charge in [0.25, 0.3) is 5.91 Å². The number of aliphatic carboxylic acids is 1. The molecule has 2 fully saturated rings. The van der Waals surface area contributed by atoms with Crippen molar-refractivity contribution >= 4 is 65.1 Å². The summed E-state index contributed by atoms with van der Waals surface area (Å²) in [5.74, 6) is -12.1. The quantitative estimate of drug-likeness (QED) is 0.178. The number of carbonyl (C=O) groups excluding carboxylic acids is 10. The van der Waals surface area contributed by atoms with Gasteiger partial charge in [0.2, 0.25) is 47.3 Å². The molecule has 23 heteroatoms. The van der Waals surface area contributed by atoms with Crippen LogP contribution < -0.4 is 26.0 Å². The van der Waals surface area contributed by atoms with Crippen molar-refractivity contribution in [2.75, 3.05) is 48.4 Å². The summed E-state index contributed by atoms with van der Waals surface area (Å²) in [4.78, 5) is 164. The summed E-state index contributed by atoms with van der Waals surface area (Å²) in [6.45, 7) is 19.9. The van der Waals surface area contributed by atoms with Crippen molar-refractivity contribution in [2.45, 2.75) is 182 Å². The van der Waals surface area contributed by atoms with Gasteiger partial charge in [0.15, 0.2) is 6.10 Å². The third-order valence-corrected chi connectivity index (χ3v) is 15.9. The first-order valence-corrected chi connectivity index (χ1v) is 28.5. The van der Waals surface area contributed by atoms with E-state index in [-0.39, 0.29) is 19.4 Å². The van der Waals surface area contributed by atoms with Crippen molar-refractivity contribution in [3.8, 4) is 5.75 Å². The van der Waals surface area contributed by atoms with Crippen LogP contribution in [0.15, 0.2) is 24.3 Å². The lowest BCUT2D eigenvalue weighted by molar-refractivity contribution is -0.168. The first kappa shape index (κ1) is 68.5. The third kappa shape index (κ3) is 17.6. The predicted octanol–water partition coefficient (Wildman–Crippen LogP) is 2.61. The molecule has 0 spiro atoms. The summed E-state index contributed by atoms with van der Waals surface area (Å²) in [6.07, 6.45) is -0.504. The van der Waals surface area contributed by atoms with Crippen LogP contribution in [-0.2, 0) is 63.9 Å². The number of hydrogen-bond donors (Lipinski definition) is 5. The van der Waals surface area contributed by atoms with Crippen LogP contribution in [-0.4, -0.2) is 198 Å². The summed E-state index contributed by atoms with van der Waals surface area (Å²) >= 11 is 0. The van der Waals surface area contributed by atoms with Gasteiger partial charge in [-0.3, -0.25) is 47.9 Å². The number of carboxylic acid groups (broad SMARTS) is 1. The number of methoxy groups -OCH3 is 1. The topological polar surface area (TPSA) is 291 Å². The Kier molecular flexibility index (Phi) is 26.1. The molecule has 2 saturated heterocycles. The SMILES string of the molecule is CCC(C)C1C(=O)N(C)C(C(C)CC)C(=O)NCC(=O)N(C)C(C(C)C)C(=O)NC(Cc2ccc(OC)cc2)C(=O)OC(C(C)C)C(=O)N2CCCCC2C(=O)NC(C(C)C)C(=O)NC(C(C)C)C(=O)N(C)C(CC(=O)O)C(=O)N1C. The van der Waals surface area contributed by atoms with Gasteiger partial charge in [-0.05, 0) is 72.5 Å². The minimum absolute atomic E-state index is 0.0993. The first-order chi connectivity index (χ1) is 37.9. The number of hydrogen-bond acceptors (Lipinski definition) is 13. The van der Waals surface area contributed by atoms with Crippen molar-refractivity contribution in [3.63, 3.8) is 0 Å². The molecular weight excluding hydrogens is 1050 g/mol. The van der Waals surface area contributed by atoms with Crippen LogP contribution in [0.3, 0.4) is 0 Å². The second-order valence-corrected chi connectivity index (χ2v) is 23.3. The van der Waals surface area contributed by atoms with E-state index in [1.807, 2.05) is 6.92 Å². The van der Waals surface area contributed by atoms with E-state index in [4.69, 9.17) is 9.47 Å². The molecule has 3 rings (SSSR count). The molecule has 5 N–H and O–H groups in total. The van der Waals surface area contributed by atoms with Crippen molar-refractivity contribution in [1.29, 1.82) is 0 Å². The minimum atomic E-state index is -1.69. The Balaban J connectivity index is 2.29. The van der Waals surface area contributed by atoms with E-state index in [2.05, 4.69) is 21.3 Å². The molecule has 454 valence electrons. The molecule has 2 aliphatic heterocycles. The Morgan fingerprint density at radius 2 is 1.17 bits per heavy atom. The summed E-state index contributed by atoms with van der Waals surface area (Å²) in [5, 5.41) is 21.2. The van der Waals surface area contributed by atoms with E-state index in [1.54, 1.807) is 100 Å². The number of carboxylic acids is 1. The lowest BCUT2D eigenvalue weighted by atomic mass is 9.92. The van der Waals surface area contributed by atoms with Crippen LogP contribution in [0.1, 0.15) is 127 Å². The lowest BCUT2D eigenvalue weighted by Crippen LogP contribution is -2.63. The fourth-order valence-electron chi connectivity index (χ4n) is 10.5. The molecule has 0 aromatic heterocycles. The zero-order valence-corrected chi connectivity index (χ0v) is 50.8. The number of amides is 9. The van der Waals surface area contributed by atoms with Crippen LogP contribution in [0.4, 0.5) is 0 Å². The monoisotopic (exact) mass is 1140 g/mol. The van der Waals surface area contributed by atoms with Crippen LogP contribution in [0.5, 0.6) is 5.75 Å². The van der Waals surface area contributed by atoms with Gasteiger partial charge in [0, 0.05) is 41.2 Å². The second kappa shape index (κ2) is 30.9. The zero-order valence-electron chi connectivity index (χ0n) is 50.8. The Morgan fingerprint density at radius 1 is 0.617 bits per heavy atom. The number of ether oxygens (including phenoxy) is 2. The van der Waals surface area contributed by atoms with Gasteiger partial charge >= 0.3 is 11.9 Å². The van der Waals surface area contributed by atoms with Gasteiger partial charge in [-0.1, -0.05) is 108 Å². The molecule has 0 aliphatic carbocycles. The van der Waals surface area contributed by atoms with Gasteiger partial charge in [-0.2, -0.15) is 0 Å². The standard InChI is InChI=1S/C58H93N9O14/c1-18-35(11)47-52(73)59-30-42(68)64(14)46(33(7)8)53(74)60-39(28-37-23-25-38(80-17)26-24-37)58(79)81-49(34(9)10)57(78)67-27-21-20-22-40(67)50(71)61-44(31(3)4)51(72)62-45(32(5)6)55(76)63(13)41(29-43(69)70)54(75)66(16)48(36(12)19-2)56(77)65(47)15/h23-26,31-36,39-41,44-49H,18-22,27-30H2,1-17H3,(H,59,73)(H,60,74)(H,61,71)(H,62,72)(H,69,70). The molecule has 2 heterocycles. The molecule has 2 aliphatic rings. The van der Waals surface area contributed by atoms with Gasteiger partial charge < -0.3 is 60.3 Å². The van der Waals surface area contributed by atoms with Crippen LogP contribution in [0.25, 0.3) is 0 Å². The fourth-order valence-corrected chi connectivity index (χ4v) is 10.5. The minimum Gasteiger partial charge on any atom is -0.497 e. The average molecular weight is 1140 g/mol. The van der Waals surface area contributed by atoms with Crippen molar-refractivity contribution in [2.24, 2.45) is 35.5 Å². The van der Waals surface area contributed by atoms with Gasteiger partial charge in [0.05, 0.1) is 20.1 Å². The molecule has 1 aromatic rings. The van der Waals surface area contributed by atoms with E-state index in [0.29, 0.717) is 37.0 Å². The highest BCUT2D eigenvalue weighted by Gasteiger charge is 2.45. The molecule has 81 heavy (non-hydrogen) atoms. The van der Waals surface area contributed by atoms with E-state index >= 15 is 0 Å². The number of likely N-dealkylation sites (N-methyl/N-ethyl adjacent to an activating group) is 4. The summed E-state index contributed by atoms with van der Waals surface area (Å²) in [5.41, 5.74) is 0.582. The molecule has 11 unspecified atom stereocenters. The summed E-state index contributed by atoms with van der Waals surface area (Å²) in [6, 6.07) is -3.85. The number of carbonyl (C=O) groups is 11. The van der Waals surface area contributed by atoms with Gasteiger partial charge in [-0.25, -0.2) is 4.79 Å². The second-order valence-electron chi connectivity index (χ2n) is 23.3. The number of cyclic esters (lactones) is 1. The average Bonchev–Trinajstić information content (AvgIpc) is 3.50. The van der Waals surface area contributed by atoms with Crippen LogP contribution in [0, 0.1) is 35.5 Å². The molecule has 9 amide bonds. The molecule has 11 atom stereocenters. The van der Waals surface area contributed by atoms with Crippen LogP contribution in [0.2, 0.25) is 0 Å². The van der Waals surface area contributed by atoms with E-state index < -0.39 is 168 Å². The number of esters is 1. The summed E-state index contributed by atoms with van der Waals surface area (Å²) < 4.78 is 11.4. The smallest absolute Gasteiger partial charge is 0.329 e. The molecule has 23 nitrogen and oxygen atoms in total. The van der Waals surface area contributed by atoms with E-state index in [9.17, 15) is 57.8 Å². The van der Waals surface area contributed by atoms with Crippen molar-refractivity contribution in [1.82, 2.24) is 45.8 Å². The number of fused-ring (bicyclic) bond motifs is 1. The highest BCUT2D eigenvalue weighted by atomic mass is 16.6. The van der Waals surface area contributed by atoms with Crippen LogP contribution >= 0.6 is 0 Å². The molecule has 1 aromatic carbocycles. The highest BCUT2D eigenvalue weighted by molar-refractivity contribution is 5.99. The Labute approximate surface area is 478 Å². The number of nitrogens with zero attached hydrogens (tertiary/aromatic N) is 5. The molecule has 0 saturated carbocycles. The number of piperidine rings is 1. The van der Waals surface area contributed by atoms with Gasteiger partial charge in [-0.15, -0.1) is 0 Å². The number of nitrogens with one attached hydrogen (secondary N) is 4. The lowest BCUT2D eigenvalue weighted by Gasteiger charge is -2.41. The maximum absolute atomic E-state index is 14.9. The predicted molar refractivity (Wildman–Crippen MR) is 301 cm³/mol. The number of rotatable bonds is 13. The molecular formula is C58H93N9O14. The Bertz CT molecular complexity index is 2400. The zero-order chi connectivity index (χ0) is 61.5. The fraction of sp³-hybridized carbons (Fsp3) is 0.707. The number of benzene rings is 1. The van der Waals surface area contributed by atoms with Crippen molar-refractivity contribution in [3.05, 3.63) is 29.8 Å². The van der Waals surface area contributed by atoms with Gasteiger partial charge in [0.1, 0.15) is 54.1 Å². The summed E-state index contributed by atoms with van der Waals surface area (Å²) in [7, 11) is 6.82. The molecule has 0 bridgehead atoms. The van der Waals surface area contributed by atoms with E-state index in [1.165, 1.54) is 45.1 Å². The molecule has 0 radical (unpaired) electrons. The Morgan fingerprint density at radius 3 is 1.69 bits per heavy atom. The highest BCUT2D eigenvalue weighted by Crippen LogP contribution is 2.26. The van der Waals surface area contributed by atoms with E-state index in [0.717, 1.165) is 14.7 Å². The third-order valence-electron chi connectivity index (χ3n) is 15.9.